The van der Waals surface area contributed by atoms with Gasteiger partial charge < -0.3 is 4.98 Å². The number of H-pyrrole nitrogens is 1. The van der Waals surface area contributed by atoms with E-state index in [1.165, 1.54) is 12.4 Å². The molecule has 1 aromatic carbocycles. The van der Waals surface area contributed by atoms with E-state index in [4.69, 9.17) is 0 Å². The molecule has 3 rings (SSSR count). The van der Waals surface area contributed by atoms with Crippen molar-refractivity contribution in [3.05, 3.63) is 54.1 Å². The lowest BCUT2D eigenvalue weighted by molar-refractivity contribution is 0.141. The van der Waals surface area contributed by atoms with E-state index in [1.54, 1.807) is 12.1 Å². The number of halogens is 4. The second kappa shape index (κ2) is 6.52. The fourth-order valence-corrected chi connectivity index (χ4v) is 3.30. The molecule has 10 heteroatoms. The van der Waals surface area contributed by atoms with Crippen LogP contribution in [0.15, 0.2) is 41.6 Å². The van der Waals surface area contributed by atoms with Crippen molar-refractivity contribution in [2.24, 2.45) is 0 Å². The Kier molecular flexibility index (Phi) is 4.53. The molecule has 0 aliphatic carbocycles. The number of hydrogen-bond acceptors (Lipinski definition) is 4. The van der Waals surface area contributed by atoms with Crippen LogP contribution in [-0.2, 0) is 9.84 Å². The van der Waals surface area contributed by atoms with Crippen LogP contribution < -0.4 is 0 Å². The third-order valence-corrected chi connectivity index (χ3v) is 4.65. The molecule has 2 aromatic heterocycles. The molecule has 0 radical (unpaired) electrons. The first-order valence-corrected chi connectivity index (χ1v) is 9.05. The molecule has 0 aliphatic rings. The Hall–Kier alpha value is -2.75. The van der Waals surface area contributed by atoms with Gasteiger partial charge >= 0.3 is 0 Å². The molecule has 2 heterocycles. The van der Waals surface area contributed by atoms with Gasteiger partial charge in [0, 0.05) is 29.8 Å². The summed E-state index contributed by atoms with van der Waals surface area (Å²) in [6.45, 7) is 0. The van der Waals surface area contributed by atoms with Crippen molar-refractivity contribution in [1.29, 1.82) is 0 Å². The molecular weight excluding hydrogens is 374 g/mol. The van der Waals surface area contributed by atoms with Crippen LogP contribution in [-0.4, -0.2) is 29.6 Å². The van der Waals surface area contributed by atoms with Crippen LogP contribution in [0.4, 0.5) is 17.6 Å². The summed E-state index contributed by atoms with van der Waals surface area (Å²) in [5, 5.41) is 0. The normalized spacial score (nSPS) is 11.9. The van der Waals surface area contributed by atoms with Crippen LogP contribution in [0, 0.1) is 11.6 Å². The van der Waals surface area contributed by atoms with Crippen molar-refractivity contribution < 1.29 is 26.0 Å². The van der Waals surface area contributed by atoms with Gasteiger partial charge in [-0.25, -0.2) is 31.0 Å². The second-order valence-corrected chi connectivity index (χ2v) is 7.38. The Morgan fingerprint density at radius 2 is 1.77 bits per heavy atom. The first-order chi connectivity index (χ1) is 12.2. The SMILES string of the molecule is CS(=O)(=O)c1c(F)cc(-c2nc(C(F)F)[nH]c2-c2cccnc2)cc1F. The maximum atomic E-state index is 14.2. The number of alkyl halides is 2. The van der Waals surface area contributed by atoms with Gasteiger partial charge in [0.15, 0.2) is 15.7 Å². The first kappa shape index (κ1) is 18.1. The molecule has 0 fully saturated rings. The largest absolute Gasteiger partial charge is 0.337 e. The van der Waals surface area contributed by atoms with E-state index >= 15 is 0 Å². The molecule has 0 spiro atoms. The minimum atomic E-state index is -4.14. The number of hydrogen-bond donors (Lipinski definition) is 1. The summed E-state index contributed by atoms with van der Waals surface area (Å²) in [4.78, 5) is 8.91. The topological polar surface area (TPSA) is 75.7 Å². The third kappa shape index (κ3) is 3.32. The highest BCUT2D eigenvalue weighted by atomic mass is 32.2. The zero-order valence-corrected chi connectivity index (χ0v) is 14.0. The second-order valence-electron chi connectivity index (χ2n) is 5.43. The van der Waals surface area contributed by atoms with Gasteiger partial charge in [-0.3, -0.25) is 4.98 Å². The van der Waals surface area contributed by atoms with E-state index in [0.29, 0.717) is 11.8 Å². The number of nitrogens with one attached hydrogen (secondary N) is 1. The highest BCUT2D eigenvalue weighted by Gasteiger charge is 2.24. The van der Waals surface area contributed by atoms with Crippen molar-refractivity contribution in [3.63, 3.8) is 0 Å². The van der Waals surface area contributed by atoms with Crippen molar-refractivity contribution in [2.75, 3.05) is 6.26 Å². The first-order valence-electron chi connectivity index (χ1n) is 7.16. The average Bonchev–Trinajstić information content (AvgIpc) is 2.99. The number of nitrogens with zero attached hydrogens (tertiary/aromatic N) is 2. The fraction of sp³-hybridized carbons (Fsp3) is 0.125. The molecule has 0 saturated carbocycles. The predicted molar refractivity (Wildman–Crippen MR) is 85.2 cm³/mol. The predicted octanol–water partition coefficient (Wildman–Crippen LogP) is 3.76. The minimum Gasteiger partial charge on any atom is -0.337 e. The quantitative estimate of drug-likeness (QED) is 0.694. The number of benzene rings is 1. The lowest BCUT2D eigenvalue weighted by atomic mass is 10.1. The smallest absolute Gasteiger partial charge is 0.295 e. The summed E-state index contributed by atoms with van der Waals surface area (Å²) >= 11 is 0. The highest BCUT2D eigenvalue weighted by molar-refractivity contribution is 7.90. The van der Waals surface area contributed by atoms with Gasteiger partial charge in [0.2, 0.25) is 0 Å². The number of sulfone groups is 1. The molecule has 136 valence electrons. The molecule has 0 amide bonds. The molecule has 5 nitrogen and oxygen atoms in total. The number of pyridine rings is 1. The van der Waals surface area contributed by atoms with Crippen LogP contribution in [0.5, 0.6) is 0 Å². The molecule has 0 aliphatic heterocycles. The van der Waals surface area contributed by atoms with Gasteiger partial charge in [-0.1, -0.05) is 0 Å². The molecular formula is C16H11F4N3O2S. The van der Waals surface area contributed by atoms with Crippen LogP contribution in [0.3, 0.4) is 0 Å². The van der Waals surface area contributed by atoms with Crippen LogP contribution in [0.1, 0.15) is 12.2 Å². The number of aromatic nitrogens is 3. The fourth-order valence-electron chi connectivity index (χ4n) is 2.47. The summed E-state index contributed by atoms with van der Waals surface area (Å²) in [6, 6.07) is 4.59. The van der Waals surface area contributed by atoms with E-state index < -0.39 is 38.6 Å². The van der Waals surface area contributed by atoms with Crippen LogP contribution in [0.2, 0.25) is 0 Å². The van der Waals surface area contributed by atoms with Gasteiger partial charge in [-0.05, 0) is 24.3 Å². The van der Waals surface area contributed by atoms with E-state index in [9.17, 15) is 26.0 Å². The summed E-state index contributed by atoms with van der Waals surface area (Å²) in [6.07, 6.45) is 0.556. The van der Waals surface area contributed by atoms with Crippen molar-refractivity contribution in [1.82, 2.24) is 15.0 Å². The average molecular weight is 385 g/mol. The molecule has 26 heavy (non-hydrogen) atoms. The van der Waals surface area contributed by atoms with E-state index in [-0.39, 0.29) is 17.0 Å². The molecule has 0 bridgehead atoms. The number of rotatable bonds is 4. The zero-order chi connectivity index (χ0) is 19.1. The standard InChI is InChI=1S/C16H11F4N3O2S/c1-26(24,25)14-10(17)5-9(6-11(14)18)13-12(8-3-2-4-21-7-8)22-16(23-13)15(19)20/h2-7,15H,1H3,(H,22,23). The van der Waals surface area contributed by atoms with Crippen LogP contribution in [0.25, 0.3) is 22.5 Å². The van der Waals surface area contributed by atoms with E-state index in [2.05, 4.69) is 15.0 Å². The number of aromatic amines is 1. The highest BCUT2D eigenvalue weighted by Crippen LogP contribution is 2.34. The van der Waals surface area contributed by atoms with Crippen molar-refractivity contribution >= 4 is 9.84 Å². The molecule has 0 saturated heterocycles. The molecule has 3 aromatic rings. The third-order valence-electron chi connectivity index (χ3n) is 3.52. The van der Waals surface area contributed by atoms with E-state index in [1.807, 2.05) is 0 Å². The lowest BCUT2D eigenvalue weighted by Gasteiger charge is -2.07. The monoisotopic (exact) mass is 385 g/mol. The Balaban J connectivity index is 2.24. The van der Waals surface area contributed by atoms with Gasteiger partial charge in [0.05, 0.1) is 11.4 Å². The van der Waals surface area contributed by atoms with Gasteiger partial charge in [-0.2, -0.15) is 0 Å². The Bertz CT molecular complexity index is 1040. The summed E-state index contributed by atoms with van der Waals surface area (Å²) in [5.41, 5.74) is 0.120. The molecule has 1 N–H and O–H groups in total. The van der Waals surface area contributed by atoms with Crippen molar-refractivity contribution in [2.45, 2.75) is 11.3 Å². The van der Waals surface area contributed by atoms with Crippen LogP contribution >= 0.6 is 0 Å². The zero-order valence-electron chi connectivity index (χ0n) is 13.2. The maximum absolute atomic E-state index is 14.2. The van der Waals surface area contributed by atoms with Crippen molar-refractivity contribution in [3.8, 4) is 22.5 Å². The minimum absolute atomic E-state index is 0.0827. The summed E-state index contributed by atoms with van der Waals surface area (Å²) < 4.78 is 77.4. The van der Waals surface area contributed by atoms with Gasteiger partial charge in [0.25, 0.3) is 6.43 Å². The number of imidazole rings is 1. The Labute approximate surface area is 145 Å². The van der Waals surface area contributed by atoms with E-state index in [0.717, 1.165) is 12.1 Å². The molecule has 0 unspecified atom stereocenters. The molecule has 0 atom stereocenters. The van der Waals surface area contributed by atoms with Gasteiger partial charge in [0.1, 0.15) is 16.5 Å². The summed E-state index contributed by atoms with van der Waals surface area (Å²) in [7, 11) is -4.14. The lowest BCUT2D eigenvalue weighted by Crippen LogP contribution is -2.05. The summed E-state index contributed by atoms with van der Waals surface area (Å²) in [5.74, 6) is -3.35. The maximum Gasteiger partial charge on any atom is 0.295 e. The van der Waals surface area contributed by atoms with Gasteiger partial charge in [-0.15, -0.1) is 0 Å². The Morgan fingerprint density at radius 3 is 2.27 bits per heavy atom. The Morgan fingerprint density at radius 1 is 1.12 bits per heavy atom.